The summed E-state index contributed by atoms with van der Waals surface area (Å²) < 4.78 is 28.0. The molecule has 9 nitrogen and oxygen atoms in total. The number of nitrogens with one attached hydrogen (secondary N) is 1. The second-order valence-corrected chi connectivity index (χ2v) is 12.5. The van der Waals surface area contributed by atoms with E-state index in [0.717, 1.165) is 17.5 Å². The summed E-state index contributed by atoms with van der Waals surface area (Å²) in [5.41, 5.74) is 2.18. The molecule has 0 aromatic heterocycles. The summed E-state index contributed by atoms with van der Waals surface area (Å²) in [5, 5.41) is 4.11. The molecule has 0 fully saturated rings. The van der Waals surface area contributed by atoms with Crippen molar-refractivity contribution in [2.75, 3.05) is 34.4 Å². The Morgan fingerprint density at radius 3 is 2.39 bits per heavy atom. The molecule has 1 aliphatic heterocycles. The smallest absolute Gasteiger partial charge is 0.492 e. The third-order valence-corrected chi connectivity index (χ3v) is 7.59. The van der Waals surface area contributed by atoms with E-state index >= 15 is 0 Å². The maximum atomic E-state index is 14.0. The van der Waals surface area contributed by atoms with Crippen molar-refractivity contribution in [3.63, 3.8) is 0 Å². The fraction of sp³-hybridized carbons (Fsp3) is 0.667. The van der Waals surface area contributed by atoms with Crippen LogP contribution in [0.5, 0.6) is 5.75 Å². The van der Waals surface area contributed by atoms with Gasteiger partial charge in [-0.15, -0.1) is 0 Å². The van der Waals surface area contributed by atoms with Gasteiger partial charge in [0.05, 0.1) is 17.3 Å². The second-order valence-electron chi connectivity index (χ2n) is 10.9. The zero-order chi connectivity index (χ0) is 28.8. The van der Waals surface area contributed by atoms with Crippen molar-refractivity contribution in [2.45, 2.75) is 72.4 Å². The minimum Gasteiger partial charge on any atom is -0.492 e. The first-order valence-electron chi connectivity index (χ1n) is 13.0. The van der Waals surface area contributed by atoms with Crippen LogP contribution in [0.15, 0.2) is 23.6 Å². The highest BCUT2D eigenvalue weighted by molar-refractivity contribution is 7.46. The Morgan fingerprint density at radius 2 is 1.89 bits per heavy atom. The van der Waals surface area contributed by atoms with Gasteiger partial charge in [-0.25, -0.2) is 4.57 Å². The second kappa shape index (κ2) is 13.6. The van der Waals surface area contributed by atoms with Crippen LogP contribution in [0.2, 0.25) is 5.02 Å². The van der Waals surface area contributed by atoms with Gasteiger partial charge in [0.25, 0.3) is 0 Å². The standard InChI is InChI=1S/C27H44ClN2O7P/c1-9-18(25(31)26(37-38(32,33)34)21(10-2)30(6)7)24-19-16-20(28)22(36-13-11-12-35-8)14-17(19)15-23(29-24)27(3,4)5/h14,16,18,23-24,29H,9-13,15H2,1-8H3,(H2,32,33,34). The molecule has 11 heteroatoms. The molecule has 1 aliphatic rings. The van der Waals surface area contributed by atoms with E-state index < -0.39 is 25.6 Å². The van der Waals surface area contributed by atoms with Gasteiger partial charge in [-0.2, -0.15) is 0 Å². The van der Waals surface area contributed by atoms with Gasteiger partial charge in [-0.3, -0.25) is 14.6 Å². The number of nitrogens with zero attached hydrogens (tertiary/aromatic N) is 1. The number of rotatable bonds is 13. The Balaban J connectivity index is 2.61. The third-order valence-electron chi connectivity index (χ3n) is 6.88. The number of hydrogen-bond donors (Lipinski definition) is 3. The van der Waals surface area contributed by atoms with E-state index in [1.54, 1.807) is 26.1 Å². The number of phosphoric acid groups is 1. The fourth-order valence-corrected chi connectivity index (χ4v) is 5.49. The SMILES string of the molecule is CCC(=C(OP(=O)(O)O)C(=O)C(CC)C1NC(C(C)(C)C)Cc2cc(OCCCOC)c(Cl)cc21)N(C)C. The molecule has 3 atom stereocenters. The molecule has 1 aromatic carbocycles. The van der Waals surface area contributed by atoms with E-state index in [0.29, 0.717) is 48.9 Å². The summed E-state index contributed by atoms with van der Waals surface area (Å²) in [6.45, 7) is 11.1. The summed E-state index contributed by atoms with van der Waals surface area (Å²) in [6.07, 6.45) is 2.22. The first-order valence-corrected chi connectivity index (χ1v) is 14.9. The lowest BCUT2D eigenvalue weighted by atomic mass is 9.74. The summed E-state index contributed by atoms with van der Waals surface area (Å²) in [7, 11) is 0.0953. The normalized spacial score (nSPS) is 19.3. The van der Waals surface area contributed by atoms with Crippen LogP contribution < -0.4 is 10.1 Å². The summed E-state index contributed by atoms with van der Waals surface area (Å²) in [6, 6.07) is 3.37. The predicted molar refractivity (Wildman–Crippen MR) is 149 cm³/mol. The van der Waals surface area contributed by atoms with Gasteiger partial charge in [0.2, 0.25) is 5.78 Å². The number of methoxy groups -OCH3 is 1. The minimum absolute atomic E-state index is 0.0268. The zero-order valence-electron chi connectivity index (χ0n) is 23.8. The Hall–Kier alpha value is -1.61. The van der Waals surface area contributed by atoms with E-state index in [9.17, 15) is 19.1 Å². The summed E-state index contributed by atoms with van der Waals surface area (Å²) >= 11 is 6.64. The molecule has 1 aromatic rings. The van der Waals surface area contributed by atoms with E-state index in [1.165, 1.54) is 0 Å². The average Bonchev–Trinajstić information content (AvgIpc) is 2.80. The van der Waals surface area contributed by atoms with Crippen molar-refractivity contribution in [2.24, 2.45) is 11.3 Å². The van der Waals surface area contributed by atoms with Crippen molar-refractivity contribution in [1.29, 1.82) is 0 Å². The van der Waals surface area contributed by atoms with Gasteiger partial charge in [-0.05, 0) is 47.9 Å². The summed E-state index contributed by atoms with van der Waals surface area (Å²) in [5.74, 6) is -0.842. The number of Topliss-reactive ketones (excluding diaryl/α,β-unsaturated/α-hetero) is 1. The lowest BCUT2D eigenvalue weighted by Gasteiger charge is -2.43. The highest BCUT2D eigenvalue weighted by atomic mass is 35.5. The van der Waals surface area contributed by atoms with Crippen LogP contribution in [-0.4, -0.2) is 60.9 Å². The lowest BCUT2D eigenvalue weighted by molar-refractivity contribution is -0.123. The molecular formula is C27H44ClN2O7P. The molecule has 0 spiro atoms. The monoisotopic (exact) mass is 574 g/mol. The molecule has 2 rings (SSSR count). The molecule has 1 heterocycles. The van der Waals surface area contributed by atoms with Crippen LogP contribution in [-0.2, 0) is 25.0 Å². The van der Waals surface area contributed by atoms with Gasteiger partial charge in [0.15, 0.2) is 5.76 Å². The minimum atomic E-state index is -4.98. The van der Waals surface area contributed by atoms with Crippen molar-refractivity contribution in [3.8, 4) is 5.75 Å². The highest BCUT2D eigenvalue weighted by Gasteiger charge is 2.41. The number of hydrogen-bond acceptors (Lipinski definition) is 7. The van der Waals surface area contributed by atoms with Crippen molar-refractivity contribution in [3.05, 3.63) is 39.7 Å². The van der Waals surface area contributed by atoms with Gasteiger partial charge in [0, 0.05) is 52.2 Å². The molecule has 0 bridgehead atoms. The lowest BCUT2D eigenvalue weighted by Crippen LogP contribution is -2.50. The molecule has 216 valence electrons. The van der Waals surface area contributed by atoms with E-state index in [2.05, 4.69) is 26.1 Å². The zero-order valence-corrected chi connectivity index (χ0v) is 25.5. The van der Waals surface area contributed by atoms with E-state index in [-0.39, 0.29) is 17.2 Å². The van der Waals surface area contributed by atoms with Crippen LogP contribution in [0.1, 0.15) is 71.0 Å². The predicted octanol–water partition coefficient (Wildman–Crippen LogP) is 5.24. The molecule has 0 aliphatic carbocycles. The van der Waals surface area contributed by atoms with Gasteiger partial charge in [0.1, 0.15) is 5.75 Å². The molecule has 3 unspecified atom stereocenters. The van der Waals surface area contributed by atoms with Crippen LogP contribution in [0.3, 0.4) is 0 Å². The average molecular weight is 575 g/mol. The van der Waals surface area contributed by atoms with E-state index in [4.69, 9.17) is 25.6 Å². The number of carbonyl (C=O) groups excluding carboxylic acids is 1. The topological polar surface area (TPSA) is 118 Å². The molecule has 3 N–H and O–H groups in total. The number of allylic oxidation sites excluding steroid dienone is 2. The maximum Gasteiger partial charge on any atom is 0.524 e. The maximum absolute atomic E-state index is 14.0. The Labute approximate surface area is 232 Å². The molecule has 38 heavy (non-hydrogen) atoms. The van der Waals surface area contributed by atoms with Crippen LogP contribution in [0, 0.1) is 11.3 Å². The van der Waals surface area contributed by atoms with Crippen LogP contribution >= 0.6 is 19.4 Å². The van der Waals surface area contributed by atoms with Crippen molar-refractivity contribution >= 4 is 25.2 Å². The van der Waals surface area contributed by atoms with Gasteiger partial charge in [-0.1, -0.05) is 46.2 Å². The number of fused-ring (bicyclic) bond motifs is 1. The number of phosphoric ester groups is 1. The quantitative estimate of drug-likeness (QED) is 0.126. The van der Waals surface area contributed by atoms with Crippen LogP contribution in [0.25, 0.3) is 0 Å². The number of ether oxygens (including phenoxy) is 2. The highest BCUT2D eigenvalue weighted by Crippen LogP contribution is 2.45. The largest absolute Gasteiger partial charge is 0.524 e. The van der Waals surface area contributed by atoms with Gasteiger partial charge < -0.3 is 24.2 Å². The van der Waals surface area contributed by atoms with Crippen molar-refractivity contribution < 1.29 is 33.1 Å². The Kier molecular flexibility index (Phi) is 11.7. The van der Waals surface area contributed by atoms with Crippen LogP contribution in [0.4, 0.5) is 0 Å². The first-order chi connectivity index (χ1) is 17.6. The molecule has 0 saturated carbocycles. The fourth-order valence-electron chi connectivity index (χ4n) is 4.83. The Bertz CT molecular complexity index is 1050. The first kappa shape index (κ1) is 32.6. The third kappa shape index (κ3) is 8.44. The molecule has 0 saturated heterocycles. The number of ketones is 1. The Morgan fingerprint density at radius 1 is 1.24 bits per heavy atom. The summed E-state index contributed by atoms with van der Waals surface area (Å²) in [4.78, 5) is 34.9. The van der Waals surface area contributed by atoms with Gasteiger partial charge >= 0.3 is 7.82 Å². The molecular weight excluding hydrogens is 531 g/mol. The van der Waals surface area contributed by atoms with Crippen molar-refractivity contribution in [1.82, 2.24) is 10.2 Å². The molecule has 0 radical (unpaired) electrons. The number of carbonyl (C=O) groups is 1. The molecule has 0 amide bonds. The van der Waals surface area contributed by atoms with E-state index in [1.807, 2.05) is 26.0 Å². The number of halogens is 1. The number of benzene rings is 1.